The summed E-state index contributed by atoms with van der Waals surface area (Å²) in [7, 11) is 0. The van der Waals surface area contributed by atoms with Crippen LogP contribution in [0.2, 0.25) is 0 Å². The van der Waals surface area contributed by atoms with E-state index >= 15 is 0 Å². The van der Waals surface area contributed by atoms with E-state index in [1.807, 2.05) is 43.5 Å². The number of nitrogens with zero attached hydrogens (tertiary/aromatic N) is 2. The van der Waals surface area contributed by atoms with Gasteiger partial charge in [-0.25, -0.2) is 0 Å². The van der Waals surface area contributed by atoms with E-state index in [0.717, 1.165) is 33.4 Å². The number of para-hydroxylation sites is 1. The smallest absolute Gasteiger partial charge is 0.257 e. The van der Waals surface area contributed by atoms with Crippen LogP contribution in [0.5, 0.6) is 0 Å². The van der Waals surface area contributed by atoms with Gasteiger partial charge in [-0.3, -0.25) is 14.8 Å². The fourth-order valence-electron chi connectivity index (χ4n) is 3.32. The molecule has 4 aromatic rings. The van der Waals surface area contributed by atoms with Crippen molar-refractivity contribution in [3.8, 4) is 0 Å². The maximum atomic E-state index is 12.4. The lowest BCUT2D eigenvalue weighted by atomic mass is 10.0. The second-order valence-corrected chi connectivity index (χ2v) is 7.11. The lowest BCUT2D eigenvalue weighted by molar-refractivity contribution is 0.102. The minimum atomic E-state index is -0.172. The van der Waals surface area contributed by atoms with Gasteiger partial charge < -0.3 is 10.6 Å². The number of nitrogens with one attached hydrogen (secondary N) is 2. The predicted octanol–water partition coefficient (Wildman–Crippen LogP) is 5.36. The van der Waals surface area contributed by atoms with Gasteiger partial charge in [-0.1, -0.05) is 24.3 Å². The number of aryl methyl sites for hydroxylation is 1. The van der Waals surface area contributed by atoms with Crippen LogP contribution in [-0.2, 0) is 0 Å². The maximum absolute atomic E-state index is 12.4. The molecule has 0 aliphatic rings. The fourth-order valence-corrected chi connectivity index (χ4v) is 3.32. The van der Waals surface area contributed by atoms with Gasteiger partial charge in [-0.05, 0) is 61.4 Å². The van der Waals surface area contributed by atoms with Crippen molar-refractivity contribution in [1.29, 1.82) is 0 Å². The molecule has 0 unspecified atom stereocenters. The molecular weight excluding hydrogens is 360 g/mol. The van der Waals surface area contributed by atoms with Gasteiger partial charge in [-0.15, -0.1) is 0 Å². The highest BCUT2D eigenvalue weighted by atomic mass is 16.1. The first-order valence-electron chi connectivity index (χ1n) is 9.53. The van der Waals surface area contributed by atoms with Crippen molar-refractivity contribution < 1.29 is 4.79 Å². The predicted molar refractivity (Wildman–Crippen MR) is 117 cm³/mol. The molecule has 2 heterocycles. The van der Waals surface area contributed by atoms with Gasteiger partial charge in [0.1, 0.15) is 0 Å². The molecule has 0 saturated heterocycles. The number of rotatable bonds is 5. The van der Waals surface area contributed by atoms with Crippen molar-refractivity contribution in [2.45, 2.75) is 19.9 Å². The Balaban J connectivity index is 1.53. The Morgan fingerprint density at radius 1 is 0.966 bits per heavy atom. The number of amides is 1. The molecule has 2 N–H and O–H groups in total. The molecule has 144 valence electrons. The highest BCUT2D eigenvalue weighted by molar-refractivity contribution is 6.04. The number of carbonyl (C=O) groups is 1. The molecule has 0 fully saturated rings. The monoisotopic (exact) mass is 382 g/mol. The van der Waals surface area contributed by atoms with Crippen molar-refractivity contribution in [2.75, 3.05) is 10.6 Å². The van der Waals surface area contributed by atoms with Gasteiger partial charge in [0.2, 0.25) is 0 Å². The zero-order valence-corrected chi connectivity index (χ0v) is 16.4. The summed E-state index contributed by atoms with van der Waals surface area (Å²) in [5, 5.41) is 7.56. The highest BCUT2D eigenvalue weighted by Crippen LogP contribution is 2.25. The Kier molecular flexibility index (Phi) is 5.20. The van der Waals surface area contributed by atoms with Crippen LogP contribution in [0.1, 0.15) is 34.5 Å². The SMILES string of the molecule is Cc1cc(NC(=O)c2cccnc2)cc([C@H](C)Nc2cnc3ccccc3c2)c1. The van der Waals surface area contributed by atoms with Crippen LogP contribution >= 0.6 is 0 Å². The first-order chi connectivity index (χ1) is 14.1. The summed E-state index contributed by atoms with van der Waals surface area (Å²) < 4.78 is 0. The van der Waals surface area contributed by atoms with E-state index in [9.17, 15) is 4.79 Å². The summed E-state index contributed by atoms with van der Waals surface area (Å²) >= 11 is 0. The normalized spacial score (nSPS) is 11.8. The van der Waals surface area contributed by atoms with Crippen LogP contribution in [0, 0.1) is 6.92 Å². The minimum absolute atomic E-state index is 0.0481. The molecule has 29 heavy (non-hydrogen) atoms. The molecule has 0 bridgehead atoms. The molecule has 1 atom stereocenters. The van der Waals surface area contributed by atoms with E-state index < -0.39 is 0 Å². The number of hydrogen-bond acceptors (Lipinski definition) is 4. The molecule has 5 nitrogen and oxygen atoms in total. The molecule has 0 aliphatic heterocycles. The zero-order chi connectivity index (χ0) is 20.2. The fraction of sp³-hybridized carbons (Fsp3) is 0.125. The number of fused-ring (bicyclic) bond motifs is 1. The summed E-state index contributed by atoms with van der Waals surface area (Å²) in [6.07, 6.45) is 5.05. The molecule has 2 aromatic heterocycles. The van der Waals surface area contributed by atoms with Gasteiger partial charge in [0.05, 0.1) is 23.0 Å². The van der Waals surface area contributed by atoms with Crippen molar-refractivity contribution in [3.63, 3.8) is 0 Å². The largest absolute Gasteiger partial charge is 0.377 e. The molecule has 2 aromatic carbocycles. The Bertz CT molecular complexity index is 1160. The number of benzene rings is 2. The van der Waals surface area contributed by atoms with Crippen LogP contribution in [0.3, 0.4) is 0 Å². The first kappa shape index (κ1) is 18.6. The molecule has 0 aliphatic carbocycles. The van der Waals surface area contributed by atoms with Gasteiger partial charge in [0.25, 0.3) is 5.91 Å². The van der Waals surface area contributed by atoms with E-state index in [4.69, 9.17) is 0 Å². The summed E-state index contributed by atoms with van der Waals surface area (Å²) in [4.78, 5) is 21.0. The third-order valence-electron chi connectivity index (χ3n) is 4.75. The quantitative estimate of drug-likeness (QED) is 0.487. The van der Waals surface area contributed by atoms with E-state index in [0.29, 0.717) is 5.56 Å². The Morgan fingerprint density at radius 3 is 2.66 bits per heavy atom. The summed E-state index contributed by atoms with van der Waals surface area (Å²) in [5.41, 5.74) is 5.39. The molecule has 0 saturated carbocycles. The van der Waals surface area contributed by atoms with Gasteiger partial charge in [0.15, 0.2) is 0 Å². The van der Waals surface area contributed by atoms with Crippen molar-refractivity contribution >= 4 is 28.2 Å². The number of hydrogen-bond donors (Lipinski definition) is 2. The number of anilines is 2. The van der Waals surface area contributed by atoms with Gasteiger partial charge in [-0.2, -0.15) is 0 Å². The minimum Gasteiger partial charge on any atom is -0.377 e. The topological polar surface area (TPSA) is 66.9 Å². The van der Waals surface area contributed by atoms with Crippen molar-refractivity contribution in [3.05, 3.63) is 95.9 Å². The third-order valence-corrected chi connectivity index (χ3v) is 4.75. The molecule has 4 rings (SSSR count). The van der Waals surface area contributed by atoms with Crippen molar-refractivity contribution in [1.82, 2.24) is 9.97 Å². The molecule has 5 heteroatoms. The second kappa shape index (κ2) is 8.10. The first-order valence-corrected chi connectivity index (χ1v) is 9.53. The summed E-state index contributed by atoms with van der Waals surface area (Å²) in [6, 6.07) is 19.8. The van der Waals surface area contributed by atoms with E-state index in [-0.39, 0.29) is 11.9 Å². The van der Waals surface area contributed by atoms with E-state index in [1.165, 1.54) is 0 Å². The Morgan fingerprint density at radius 2 is 1.83 bits per heavy atom. The van der Waals surface area contributed by atoms with E-state index in [2.05, 4.69) is 45.7 Å². The highest BCUT2D eigenvalue weighted by Gasteiger charge is 2.11. The lowest BCUT2D eigenvalue weighted by Crippen LogP contribution is -2.13. The average Bonchev–Trinajstić information content (AvgIpc) is 2.74. The van der Waals surface area contributed by atoms with Crippen LogP contribution in [0.25, 0.3) is 10.9 Å². The maximum Gasteiger partial charge on any atom is 0.257 e. The molecular formula is C24H22N4O. The molecule has 0 radical (unpaired) electrons. The van der Waals surface area contributed by atoms with Crippen LogP contribution in [-0.4, -0.2) is 15.9 Å². The third kappa shape index (κ3) is 4.41. The van der Waals surface area contributed by atoms with Gasteiger partial charge in [0, 0.05) is 29.5 Å². The van der Waals surface area contributed by atoms with Crippen LogP contribution in [0.4, 0.5) is 11.4 Å². The number of carbonyl (C=O) groups excluding carboxylic acids is 1. The standard InChI is InChI=1S/C24H22N4O/c1-16-10-20(13-21(11-16)28-24(29)19-7-5-9-25-14-19)17(2)27-22-12-18-6-3-4-8-23(18)26-15-22/h3-15,17,27H,1-2H3,(H,28,29)/t17-/m0/s1. The number of pyridine rings is 2. The van der Waals surface area contributed by atoms with Crippen molar-refractivity contribution in [2.24, 2.45) is 0 Å². The Labute approximate surface area is 169 Å². The van der Waals surface area contributed by atoms with Gasteiger partial charge >= 0.3 is 0 Å². The average molecular weight is 382 g/mol. The van der Waals surface area contributed by atoms with Crippen LogP contribution in [0.15, 0.2) is 79.3 Å². The molecule has 1 amide bonds. The summed E-state index contributed by atoms with van der Waals surface area (Å²) in [5.74, 6) is -0.172. The Hall–Kier alpha value is -3.73. The lowest BCUT2D eigenvalue weighted by Gasteiger charge is -2.18. The zero-order valence-electron chi connectivity index (χ0n) is 16.4. The second-order valence-electron chi connectivity index (χ2n) is 7.11. The van der Waals surface area contributed by atoms with Crippen LogP contribution < -0.4 is 10.6 Å². The molecule has 0 spiro atoms. The summed E-state index contributed by atoms with van der Waals surface area (Å²) in [6.45, 7) is 4.12. The van der Waals surface area contributed by atoms with E-state index in [1.54, 1.807) is 24.5 Å². The number of aromatic nitrogens is 2.